The summed E-state index contributed by atoms with van der Waals surface area (Å²) in [5, 5.41) is 6.94. The van der Waals surface area contributed by atoms with E-state index in [0.29, 0.717) is 12.5 Å². The first kappa shape index (κ1) is 24.0. The van der Waals surface area contributed by atoms with Gasteiger partial charge in [0.05, 0.1) is 13.7 Å². The van der Waals surface area contributed by atoms with E-state index in [0.717, 1.165) is 51.0 Å². The van der Waals surface area contributed by atoms with Crippen LogP contribution in [0.1, 0.15) is 25.3 Å². The highest BCUT2D eigenvalue weighted by atomic mass is 127. The Kier molecular flexibility index (Phi) is 12.4. The lowest BCUT2D eigenvalue weighted by atomic mass is 10.1. The van der Waals surface area contributed by atoms with Crippen molar-refractivity contribution in [3.05, 3.63) is 29.8 Å². The zero-order chi connectivity index (χ0) is 18.6. The maximum Gasteiger partial charge on any atom is 0.191 e. The molecule has 0 radical (unpaired) electrons. The SMILES string of the molecule is CCOCCCNC(=NCc1ccc(OC)cc1)NCC1CCN(C)C1.I. The Bertz CT molecular complexity index is 539. The van der Waals surface area contributed by atoms with Crippen molar-refractivity contribution in [3.63, 3.8) is 0 Å². The maximum absolute atomic E-state index is 5.40. The number of hydrogen-bond donors (Lipinski definition) is 2. The van der Waals surface area contributed by atoms with Crippen molar-refractivity contribution in [2.75, 3.05) is 53.6 Å². The van der Waals surface area contributed by atoms with Gasteiger partial charge >= 0.3 is 0 Å². The quantitative estimate of drug-likeness (QED) is 0.229. The van der Waals surface area contributed by atoms with Crippen LogP contribution >= 0.6 is 24.0 Å². The molecule has 1 fully saturated rings. The molecule has 1 unspecified atom stereocenters. The van der Waals surface area contributed by atoms with Gasteiger partial charge in [-0.25, -0.2) is 4.99 Å². The standard InChI is InChI=1S/C20H34N4O2.HI/c1-4-26-13-5-11-21-20(23-15-18-10-12-24(2)16-18)22-14-17-6-8-19(25-3)9-7-17;/h6-9,18H,4-5,10-16H2,1-3H3,(H2,21,22,23);1H. The molecule has 1 heterocycles. The largest absolute Gasteiger partial charge is 0.497 e. The zero-order valence-corrected chi connectivity index (χ0v) is 19.2. The van der Waals surface area contributed by atoms with E-state index in [4.69, 9.17) is 14.5 Å². The lowest BCUT2D eigenvalue weighted by molar-refractivity contribution is 0.145. The van der Waals surface area contributed by atoms with E-state index >= 15 is 0 Å². The Hall–Kier alpha value is -1.06. The molecule has 2 N–H and O–H groups in total. The second-order valence-corrected chi connectivity index (χ2v) is 6.79. The van der Waals surface area contributed by atoms with Gasteiger partial charge < -0.3 is 25.0 Å². The van der Waals surface area contributed by atoms with Crippen LogP contribution in [0.15, 0.2) is 29.3 Å². The van der Waals surface area contributed by atoms with Crippen molar-refractivity contribution < 1.29 is 9.47 Å². The van der Waals surface area contributed by atoms with Crippen LogP contribution < -0.4 is 15.4 Å². The average molecular weight is 490 g/mol. The molecule has 7 heteroatoms. The minimum absolute atomic E-state index is 0. The first-order chi connectivity index (χ1) is 12.7. The summed E-state index contributed by atoms with van der Waals surface area (Å²) in [6.45, 7) is 8.39. The molecule has 2 rings (SSSR count). The van der Waals surface area contributed by atoms with Crippen LogP contribution in [0.25, 0.3) is 0 Å². The molecule has 1 saturated heterocycles. The van der Waals surface area contributed by atoms with Gasteiger partial charge in [-0.3, -0.25) is 0 Å². The van der Waals surface area contributed by atoms with E-state index < -0.39 is 0 Å². The molecule has 0 aromatic heterocycles. The summed E-state index contributed by atoms with van der Waals surface area (Å²) in [4.78, 5) is 7.13. The highest BCUT2D eigenvalue weighted by molar-refractivity contribution is 14.0. The van der Waals surface area contributed by atoms with Gasteiger partial charge in [0.25, 0.3) is 0 Å². The van der Waals surface area contributed by atoms with Gasteiger partial charge in [-0.2, -0.15) is 0 Å². The van der Waals surface area contributed by atoms with Crippen molar-refractivity contribution in [2.24, 2.45) is 10.9 Å². The molecule has 6 nitrogen and oxygen atoms in total. The molecular formula is C20H35IN4O2. The zero-order valence-electron chi connectivity index (χ0n) is 16.9. The summed E-state index contributed by atoms with van der Waals surface area (Å²) in [7, 11) is 3.87. The van der Waals surface area contributed by atoms with Crippen LogP contribution in [0, 0.1) is 5.92 Å². The maximum atomic E-state index is 5.40. The van der Waals surface area contributed by atoms with Crippen molar-refractivity contribution >= 4 is 29.9 Å². The molecular weight excluding hydrogens is 455 g/mol. The van der Waals surface area contributed by atoms with E-state index in [2.05, 4.69) is 34.7 Å². The van der Waals surface area contributed by atoms with Gasteiger partial charge in [-0.1, -0.05) is 12.1 Å². The third kappa shape index (κ3) is 9.62. The number of benzene rings is 1. The van der Waals surface area contributed by atoms with Crippen LogP contribution in [0.2, 0.25) is 0 Å². The van der Waals surface area contributed by atoms with Crippen molar-refractivity contribution in [1.29, 1.82) is 0 Å². The van der Waals surface area contributed by atoms with E-state index in [1.54, 1.807) is 7.11 Å². The van der Waals surface area contributed by atoms with E-state index in [1.165, 1.54) is 18.5 Å². The normalized spacial score (nSPS) is 17.4. The molecule has 1 aliphatic rings. The number of halogens is 1. The molecule has 0 amide bonds. The molecule has 1 atom stereocenters. The lowest BCUT2D eigenvalue weighted by Crippen LogP contribution is -2.41. The van der Waals surface area contributed by atoms with Crippen molar-refractivity contribution in [2.45, 2.75) is 26.3 Å². The summed E-state index contributed by atoms with van der Waals surface area (Å²) in [6.07, 6.45) is 2.23. The third-order valence-corrected chi connectivity index (χ3v) is 4.59. The number of nitrogens with one attached hydrogen (secondary N) is 2. The van der Waals surface area contributed by atoms with Crippen LogP contribution in [0.4, 0.5) is 0 Å². The fourth-order valence-corrected chi connectivity index (χ4v) is 3.03. The Labute approximate surface area is 181 Å². The van der Waals surface area contributed by atoms with E-state index in [1.807, 2.05) is 19.1 Å². The fourth-order valence-electron chi connectivity index (χ4n) is 3.03. The molecule has 27 heavy (non-hydrogen) atoms. The fraction of sp³-hybridized carbons (Fsp3) is 0.650. The first-order valence-corrected chi connectivity index (χ1v) is 9.62. The third-order valence-electron chi connectivity index (χ3n) is 4.59. The number of ether oxygens (including phenoxy) is 2. The summed E-state index contributed by atoms with van der Waals surface area (Å²) in [6, 6.07) is 8.06. The van der Waals surface area contributed by atoms with Crippen molar-refractivity contribution in [1.82, 2.24) is 15.5 Å². The molecule has 154 valence electrons. The first-order valence-electron chi connectivity index (χ1n) is 9.62. The number of aliphatic imine (C=N–C) groups is 1. The average Bonchev–Trinajstić information content (AvgIpc) is 3.08. The Morgan fingerprint density at radius 2 is 2.04 bits per heavy atom. The van der Waals surface area contributed by atoms with Gasteiger partial charge in [0, 0.05) is 32.8 Å². The van der Waals surface area contributed by atoms with E-state index in [9.17, 15) is 0 Å². The summed E-state index contributed by atoms with van der Waals surface area (Å²) < 4.78 is 10.6. The second-order valence-electron chi connectivity index (χ2n) is 6.79. The number of rotatable bonds is 10. The number of nitrogens with zero attached hydrogens (tertiary/aromatic N) is 2. The molecule has 0 aliphatic carbocycles. The predicted octanol–water partition coefficient (Wildman–Crippen LogP) is 2.73. The summed E-state index contributed by atoms with van der Waals surface area (Å²) in [5.74, 6) is 2.44. The molecule has 0 saturated carbocycles. The van der Waals surface area contributed by atoms with Gasteiger partial charge in [-0.15, -0.1) is 24.0 Å². The molecule has 0 bridgehead atoms. The highest BCUT2D eigenvalue weighted by Crippen LogP contribution is 2.13. The number of guanidine groups is 1. The Balaban J connectivity index is 0.00000364. The molecule has 1 aliphatic heterocycles. The monoisotopic (exact) mass is 490 g/mol. The van der Waals surface area contributed by atoms with Gasteiger partial charge in [0.15, 0.2) is 5.96 Å². The molecule has 1 aromatic rings. The number of hydrogen-bond acceptors (Lipinski definition) is 4. The highest BCUT2D eigenvalue weighted by Gasteiger charge is 2.19. The number of likely N-dealkylation sites (tertiary alicyclic amines) is 1. The smallest absolute Gasteiger partial charge is 0.191 e. The minimum Gasteiger partial charge on any atom is -0.497 e. The van der Waals surface area contributed by atoms with Gasteiger partial charge in [0.2, 0.25) is 0 Å². The molecule has 1 aromatic carbocycles. The van der Waals surface area contributed by atoms with Crippen LogP contribution in [0.5, 0.6) is 5.75 Å². The topological polar surface area (TPSA) is 58.1 Å². The number of methoxy groups -OCH3 is 1. The second kappa shape index (κ2) is 14.0. The van der Waals surface area contributed by atoms with Gasteiger partial charge in [-0.05, 0) is 57.0 Å². The Morgan fingerprint density at radius 1 is 1.26 bits per heavy atom. The van der Waals surface area contributed by atoms with E-state index in [-0.39, 0.29) is 24.0 Å². The minimum atomic E-state index is 0. The van der Waals surface area contributed by atoms with Crippen LogP contribution in [-0.4, -0.2) is 64.4 Å². The predicted molar refractivity (Wildman–Crippen MR) is 122 cm³/mol. The van der Waals surface area contributed by atoms with Crippen LogP contribution in [-0.2, 0) is 11.3 Å². The lowest BCUT2D eigenvalue weighted by Gasteiger charge is -2.16. The summed E-state index contributed by atoms with van der Waals surface area (Å²) in [5.41, 5.74) is 1.17. The molecule has 0 spiro atoms. The van der Waals surface area contributed by atoms with Crippen molar-refractivity contribution in [3.8, 4) is 5.75 Å². The van der Waals surface area contributed by atoms with Gasteiger partial charge in [0.1, 0.15) is 5.75 Å². The Morgan fingerprint density at radius 3 is 2.67 bits per heavy atom. The summed E-state index contributed by atoms with van der Waals surface area (Å²) >= 11 is 0. The van der Waals surface area contributed by atoms with Crippen LogP contribution in [0.3, 0.4) is 0 Å².